The van der Waals surface area contributed by atoms with Crippen LogP contribution in [0.15, 0.2) is 40.2 Å². The number of rotatable bonds is 5. The largest absolute Gasteiger partial charge is 0.364 e. The van der Waals surface area contributed by atoms with Crippen molar-refractivity contribution in [3.05, 3.63) is 50.6 Å². The van der Waals surface area contributed by atoms with Crippen LogP contribution in [0.25, 0.3) is 0 Å². The Balaban J connectivity index is 2.40. The van der Waals surface area contributed by atoms with Gasteiger partial charge in [-0.1, -0.05) is 28.1 Å². The van der Waals surface area contributed by atoms with Gasteiger partial charge in [-0.2, -0.15) is 0 Å². The van der Waals surface area contributed by atoms with Gasteiger partial charge in [0.15, 0.2) is 0 Å². The number of hydrogen-bond acceptors (Lipinski definition) is 3. The fourth-order valence-electron chi connectivity index (χ4n) is 2.27. The zero-order chi connectivity index (χ0) is 14.7. The molecule has 1 aromatic carbocycles. The Morgan fingerprint density at radius 3 is 2.55 bits per heavy atom. The molecule has 0 spiro atoms. The van der Waals surface area contributed by atoms with Crippen molar-refractivity contribution < 1.29 is 0 Å². The van der Waals surface area contributed by atoms with Crippen LogP contribution in [0.1, 0.15) is 37.3 Å². The molecule has 4 heteroatoms. The first kappa shape index (κ1) is 15.5. The summed E-state index contributed by atoms with van der Waals surface area (Å²) in [4.78, 5) is 3.78. The first-order valence-electron chi connectivity index (χ1n) is 6.83. The van der Waals surface area contributed by atoms with Crippen molar-refractivity contribution in [1.29, 1.82) is 0 Å². The van der Waals surface area contributed by atoms with E-state index < -0.39 is 0 Å². The SMILES string of the molecule is CC(N)c1ccc(Br)cc1N(Cc1cccs1)C(C)C. The average molecular weight is 353 g/mol. The van der Waals surface area contributed by atoms with Crippen molar-refractivity contribution in [2.75, 3.05) is 4.90 Å². The Labute approximate surface area is 133 Å². The number of benzene rings is 1. The van der Waals surface area contributed by atoms with E-state index in [1.165, 1.54) is 16.1 Å². The van der Waals surface area contributed by atoms with Gasteiger partial charge in [-0.25, -0.2) is 0 Å². The highest BCUT2D eigenvalue weighted by Gasteiger charge is 2.17. The fourth-order valence-corrected chi connectivity index (χ4v) is 3.32. The minimum absolute atomic E-state index is 0.0303. The van der Waals surface area contributed by atoms with Crippen LogP contribution in [0.3, 0.4) is 0 Å². The highest BCUT2D eigenvalue weighted by molar-refractivity contribution is 9.10. The third-order valence-corrected chi connectivity index (χ3v) is 4.68. The monoisotopic (exact) mass is 352 g/mol. The molecular formula is C16H21BrN2S. The zero-order valence-electron chi connectivity index (χ0n) is 12.1. The Morgan fingerprint density at radius 2 is 2.00 bits per heavy atom. The van der Waals surface area contributed by atoms with Crippen LogP contribution in [0.5, 0.6) is 0 Å². The first-order valence-corrected chi connectivity index (χ1v) is 8.50. The molecule has 0 fully saturated rings. The molecule has 20 heavy (non-hydrogen) atoms. The summed E-state index contributed by atoms with van der Waals surface area (Å²) in [7, 11) is 0. The number of halogens is 1. The topological polar surface area (TPSA) is 29.3 Å². The average Bonchev–Trinajstić information content (AvgIpc) is 2.87. The van der Waals surface area contributed by atoms with E-state index in [1.54, 1.807) is 11.3 Å². The highest BCUT2D eigenvalue weighted by Crippen LogP contribution is 2.31. The maximum absolute atomic E-state index is 6.14. The van der Waals surface area contributed by atoms with Crippen molar-refractivity contribution in [2.24, 2.45) is 5.73 Å². The predicted octanol–water partition coefficient (Wildman–Crippen LogP) is 4.95. The quantitative estimate of drug-likeness (QED) is 0.824. The standard InChI is InChI=1S/C16H21BrN2S/c1-11(2)19(10-14-5-4-8-20-14)16-9-13(17)6-7-15(16)12(3)18/h4-9,11-12H,10,18H2,1-3H3. The van der Waals surface area contributed by atoms with E-state index in [0.717, 1.165) is 11.0 Å². The van der Waals surface area contributed by atoms with Gasteiger partial charge in [-0.05, 0) is 49.9 Å². The summed E-state index contributed by atoms with van der Waals surface area (Å²) in [6, 6.07) is 11.1. The van der Waals surface area contributed by atoms with Crippen LogP contribution < -0.4 is 10.6 Å². The smallest absolute Gasteiger partial charge is 0.0525 e. The van der Waals surface area contributed by atoms with E-state index in [-0.39, 0.29) is 6.04 Å². The second-order valence-corrected chi connectivity index (χ2v) is 7.24. The van der Waals surface area contributed by atoms with Gasteiger partial charge in [-0.3, -0.25) is 0 Å². The molecule has 0 amide bonds. The van der Waals surface area contributed by atoms with E-state index in [1.807, 2.05) is 6.92 Å². The molecule has 2 aromatic rings. The summed E-state index contributed by atoms with van der Waals surface area (Å²) in [6.07, 6.45) is 0. The van der Waals surface area contributed by atoms with Gasteiger partial charge in [-0.15, -0.1) is 11.3 Å². The van der Waals surface area contributed by atoms with E-state index in [9.17, 15) is 0 Å². The maximum atomic E-state index is 6.14. The summed E-state index contributed by atoms with van der Waals surface area (Å²) in [6.45, 7) is 7.40. The Morgan fingerprint density at radius 1 is 1.25 bits per heavy atom. The van der Waals surface area contributed by atoms with Crippen LogP contribution in [-0.4, -0.2) is 6.04 Å². The van der Waals surface area contributed by atoms with E-state index >= 15 is 0 Å². The third kappa shape index (κ3) is 3.62. The van der Waals surface area contributed by atoms with Crippen molar-refractivity contribution >= 4 is 33.0 Å². The predicted molar refractivity (Wildman–Crippen MR) is 92.4 cm³/mol. The number of hydrogen-bond donors (Lipinski definition) is 1. The third-order valence-electron chi connectivity index (χ3n) is 3.32. The molecular weight excluding hydrogens is 332 g/mol. The lowest BCUT2D eigenvalue weighted by atomic mass is 10.0. The summed E-state index contributed by atoms with van der Waals surface area (Å²) in [5.74, 6) is 0. The van der Waals surface area contributed by atoms with Gasteiger partial charge in [0.05, 0.1) is 6.54 Å². The van der Waals surface area contributed by atoms with Crippen molar-refractivity contribution in [3.63, 3.8) is 0 Å². The number of thiophene rings is 1. The molecule has 1 unspecified atom stereocenters. The van der Waals surface area contributed by atoms with Gasteiger partial charge in [0.25, 0.3) is 0 Å². The minimum atomic E-state index is 0.0303. The summed E-state index contributed by atoms with van der Waals surface area (Å²) < 4.78 is 1.09. The lowest BCUT2D eigenvalue weighted by molar-refractivity contribution is 0.676. The van der Waals surface area contributed by atoms with Gasteiger partial charge < -0.3 is 10.6 Å². The maximum Gasteiger partial charge on any atom is 0.0525 e. The summed E-state index contributed by atoms with van der Waals surface area (Å²) in [5, 5.41) is 2.13. The van der Waals surface area contributed by atoms with Crippen LogP contribution >= 0.6 is 27.3 Å². The molecule has 0 saturated heterocycles. The van der Waals surface area contributed by atoms with Gasteiger partial charge >= 0.3 is 0 Å². The highest BCUT2D eigenvalue weighted by atomic mass is 79.9. The second-order valence-electron chi connectivity index (χ2n) is 5.29. The second kappa shape index (κ2) is 6.74. The Hall–Kier alpha value is -0.840. The molecule has 0 saturated carbocycles. The van der Waals surface area contributed by atoms with Gasteiger partial charge in [0.2, 0.25) is 0 Å². The van der Waals surface area contributed by atoms with Crippen molar-refractivity contribution in [3.8, 4) is 0 Å². The summed E-state index contributed by atoms with van der Waals surface area (Å²) >= 11 is 5.37. The number of anilines is 1. The molecule has 2 N–H and O–H groups in total. The van der Waals surface area contributed by atoms with Crippen LogP contribution in [0, 0.1) is 0 Å². The Kier molecular flexibility index (Phi) is 5.24. The molecule has 0 aliphatic heterocycles. The summed E-state index contributed by atoms with van der Waals surface area (Å²) in [5.41, 5.74) is 8.55. The van der Waals surface area contributed by atoms with Gasteiger partial charge in [0, 0.05) is 27.1 Å². The van der Waals surface area contributed by atoms with E-state index in [4.69, 9.17) is 5.73 Å². The number of nitrogens with two attached hydrogens (primary N) is 1. The van der Waals surface area contributed by atoms with Crippen molar-refractivity contribution in [2.45, 2.75) is 39.4 Å². The molecule has 1 aromatic heterocycles. The van der Waals surface area contributed by atoms with Crippen molar-refractivity contribution in [1.82, 2.24) is 0 Å². The molecule has 108 valence electrons. The molecule has 1 atom stereocenters. The lowest BCUT2D eigenvalue weighted by Crippen LogP contribution is -2.31. The lowest BCUT2D eigenvalue weighted by Gasteiger charge is -2.31. The number of nitrogens with zero attached hydrogens (tertiary/aromatic N) is 1. The minimum Gasteiger partial charge on any atom is -0.364 e. The molecule has 0 bridgehead atoms. The van der Waals surface area contributed by atoms with Gasteiger partial charge in [0.1, 0.15) is 0 Å². The van der Waals surface area contributed by atoms with E-state index in [0.29, 0.717) is 6.04 Å². The zero-order valence-corrected chi connectivity index (χ0v) is 14.5. The van der Waals surface area contributed by atoms with E-state index in [2.05, 4.69) is 70.4 Å². The normalized spacial score (nSPS) is 12.7. The van der Waals surface area contributed by atoms with Crippen LogP contribution in [0.2, 0.25) is 0 Å². The molecule has 2 rings (SSSR count). The molecule has 2 nitrogen and oxygen atoms in total. The molecule has 0 radical (unpaired) electrons. The van der Waals surface area contributed by atoms with Crippen LogP contribution in [-0.2, 0) is 6.54 Å². The first-order chi connectivity index (χ1) is 9.49. The molecule has 1 heterocycles. The fraction of sp³-hybridized carbons (Fsp3) is 0.375. The van der Waals surface area contributed by atoms with Crippen LogP contribution in [0.4, 0.5) is 5.69 Å². The molecule has 0 aliphatic carbocycles. The molecule has 0 aliphatic rings. The Bertz CT molecular complexity index is 550.